The minimum atomic E-state index is -0.156. The molecule has 3 aromatic rings. The molecule has 0 saturated heterocycles. The van der Waals surface area contributed by atoms with Crippen molar-refractivity contribution in [2.24, 2.45) is 0 Å². The number of carbonyl (C=O) groups excluding carboxylic acids is 1. The van der Waals surface area contributed by atoms with E-state index in [0.29, 0.717) is 11.4 Å². The topological polar surface area (TPSA) is 72.7 Å². The highest BCUT2D eigenvalue weighted by Crippen LogP contribution is 2.21. The van der Waals surface area contributed by atoms with Gasteiger partial charge in [-0.1, -0.05) is 24.3 Å². The summed E-state index contributed by atoms with van der Waals surface area (Å²) < 4.78 is 1.74. The van der Waals surface area contributed by atoms with Gasteiger partial charge in [-0.3, -0.25) is 4.79 Å². The minimum Gasteiger partial charge on any atom is -0.322 e. The van der Waals surface area contributed by atoms with E-state index in [1.54, 1.807) is 22.5 Å². The van der Waals surface area contributed by atoms with E-state index in [0.717, 1.165) is 17.0 Å². The zero-order valence-corrected chi connectivity index (χ0v) is 15.8. The van der Waals surface area contributed by atoms with Crippen LogP contribution in [0.25, 0.3) is 11.4 Å². The number of thioether (sulfide) groups is 1. The lowest BCUT2D eigenvalue weighted by molar-refractivity contribution is 0.102. The monoisotopic (exact) mass is 367 g/mol. The van der Waals surface area contributed by atoms with Crippen molar-refractivity contribution in [3.05, 3.63) is 59.7 Å². The van der Waals surface area contributed by atoms with Crippen LogP contribution in [0.5, 0.6) is 0 Å². The third-order valence-corrected chi connectivity index (χ3v) is 4.48. The third kappa shape index (κ3) is 4.11. The van der Waals surface area contributed by atoms with Crippen LogP contribution in [0.2, 0.25) is 0 Å². The first kappa shape index (κ1) is 18.1. The van der Waals surface area contributed by atoms with Gasteiger partial charge in [0.05, 0.1) is 6.04 Å². The fourth-order valence-corrected chi connectivity index (χ4v) is 3.15. The summed E-state index contributed by atoms with van der Waals surface area (Å²) in [6, 6.07) is 15.4. The molecule has 0 spiro atoms. The molecule has 6 nitrogen and oxygen atoms in total. The lowest BCUT2D eigenvalue weighted by Crippen LogP contribution is -2.12. The number of amides is 1. The smallest absolute Gasteiger partial charge is 0.255 e. The number of nitrogens with zero attached hydrogens (tertiary/aromatic N) is 4. The Kier molecular flexibility index (Phi) is 5.68. The van der Waals surface area contributed by atoms with Crippen molar-refractivity contribution in [1.29, 1.82) is 0 Å². The van der Waals surface area contributed by atoms with Crippen LogP contribution in [0, 0.1) is 0 Å². The Bertz CT molecular complexity index is 906. The number of carbonyl (C=O) groups is 1. The van der Waals surface area contributed by atoms with Crippen LogP contribution in [-0.2, 0) is 5.75 Å². The first-order chi connectivity index (χ1) is 12.6. The summed E-state index contributed by atoms with van der Waals surface area (Å²) in [4.78, 5) is 12.6. The lowest BCUT2D eigenvalue weighted by Gasteiger charge is -2.10. The maximum Gasteiger partial charge on any atom is 0.255 e. The van der Waals surface area contributed by atoms with Crippen molar-refractivity contribution >= 4 is 23.4 Å². The van der Waals surface area contributed by atoms with Crippen LogP contribution in [-0.4, -0.2) is 32.4 Å². The van der Waals surface area contributed by atoms with E-state index in [-0.39, 0.29) is 11.9 Å². The van der Waals surface area contributed by atoms with Crippen LogP contribution in [0.15, 0.2) is 48.5 Å². The van der Waals surface area contributed by atoms with Crippen molar-refractivity contribution in [3.63, 3.8) is 0 Å². The van der Waals surface area contributed by atoms with Gasteiger partial charge in [0.25, 0.3) is 5.91 Å². The highest BCUT2D eigenvalue weighted by molar-refractivity contribution is 7.97. The molecule has 26 heavy (non-hydrogen) atoms. The average Bonchev–Trinajstić information content (AvgIpc) is 3.12. The van der Waals surface area contributed by atoms with Crippen molar-refractivity contribution in [2.75, 3.05) is 11.6 Å². The van der Waals surface area contributed by atoms with E-state index >= 15 is 0 Å². The molecule has 0 saturated carbocycles. The van der Waals surface area contributed by atoms with E-state index < -0.39 is 0 Å². The first-order valence-electron chi connectivity index (χ1n) is 8.36. The van der Waals surface area contributed by atoms with Gasteiger partial charge in [0.1, 0.15) is 0 Å². The number of rotatable bonds is 6. The summed E-state index contributed by atoms with van der Waals surface area (Å²) in [6.07, 6.45) is 2.06. The zero-order valence-electron chi connectivity index (χ0n) is 15.0. The minimum absolute atomic E-state index is 0.136. The molecule has 0 radical (unpaired) electrons. The maximum atomic E-state index is 12.6. The zero-order chi connectivity index (χ0) is 18.5. The van der Waals surface area contributed by atoms with Gasteiger partial charge >= 0.3 is 0 Å². The average molecular weight is 367 g/mol. The number of aromatic nitrogens is 4. The predicted molar refractivity (Wildman–Crippen MR) is 105 cm³/mol. The standard InChI is InChI=1S/C19H21N5OS/c1-13(2)24-18(21-22-23-24)15-7-5-8-16(11-15)19(25)20-17-9-4-6-14(10-17)12-26-3/h4-11,13H,12H2,1-3H3,(H,20,25). The number of tetrazole rings is 1. The number of hydrogen-bond donors (Lipinski definition) is 1. The van der Waals surface area contributed by atoms with Crippen molar-refractivity contribution in [2.45, 2.75) is 25.6 Å². The molecule has 0 aliphatic rings. The van der Waals surface area contributed by atoms with Crippen molar-refractivity contribution < 1.29 is 4.79 Å². The Hall–Kier alpha value is -2.67. The molecule has 0 bridgehead atoms. The molecule has 0 atom stereocenters. The van der Waals surface area contributed by atoms with Gasteiger partial charge in [-0.2, -0.15) is 11.8 Å². The fourth-order valence-electron chi connectivity index (χ4n) is 2.64. The van der Waals surface area contributed by atoms with Gasteiger partial charge in [-0.25, -0.2) is 4.68 Å². The molecule has 0 aliphatic heterocycles. The van der Waals surface area contributed by atoms with E-state index in [2.05, 4.69) is 33.2 Å². The van der Waals surface area contributed by atoms with Gasteiger partial charge in [-0.15, -0.1) is 5.10 Å². The summed E-state index contributed by atoms with van der Waals surface area (Å²) in [5.74, 6) is 1.41. The predicted octanol–water partition coefficient (Wildman–Crippen LogP) is 4.04. The van der Waals surface area contributed by atoms with E-state index in [9.17, 15) is 4.79 Å². The second kappa shape index (κ2) is 8.14. The Morgan fingerprint density at radius 3 is 2.77 bits per heavy atom. The molecular weight excluding hydrogens is 346 g/mol. The van der Waals surface area contributed by atoms with Gasteiger partial charge in [0.2, 0.25) is 0 Å². The summed E-state index contributed by atoms with van der Waals surface area (Å²) >= 11 is 1.75. The van der Waals surface area contributed by atoms with Crippen molar-refractivity contribution in [1.82, 2.24) is 20.2 Å². The lowest BCUT2D eigenvalue weighted by atomic mass is 10.1. The van der Waals surface area contributed by atoms with Gasteiger partial charge in [-0.05, 0) is 60.4 Å². The fraction of sp³-hybridized carbons (Fsp3) is 0.263. The third-order valence-electron chi connectivity index (χ3n) is 3.86. The van der Waals surface area contributed by atoms with Crippen molar-refractivity contribution in [3.8, 4) is 11.4 Å². The van der Waals surface area contributed by atoms with Gasteiger partial charge in [0, 0.05) is 22.6 Å². The Morgan fingerprint density at radius 2 is 2.00 bits per heavy atom. The quantitative estimate of drug-likeness (QED) is 0.712. The maximum absolute atomic E-state index is 12.6. The highest BCUT2D eigenvalue weighted by atomic mass is 32.2. The second-order valence-corrected chi connectivity index (χ2v) is 7.08. The molecule has 134 valence electrons. The number of hydrogen-bond acceptors (Lipinski definition) is 5. The molecule has 1 heterocycles. The molecule has 1 amide bonds. The Labute approximate surface area is 157 Å². The SMILES string of the molecule is CSCc1cccc(NC(=O)c2cccc(-c3nnnn3C(C)C)c2)c1. The summed E-state index contributed by atoms with van der Waals surface area (Å²) in [7, 11) is 0. The molecule has 1 aromatic heterocycles. The normalized spacial score (nSPS) is 10.9. The van der Waals surface area contributed by atoms with E-state index in [1.807, 2.05) is 50.2 Å². The molecule has 2 aromatic carbocycles. The number of anilines is 1. The molecule has 0 unspecified atom stereocenters. The molecule has 7 heteroatoms. The van der Waals surface area contributed by atoms with Gasteiger partial charge in [0.15, 0.2) is 5.82 Å². The first-order valence-corrected chi connectivity index (χ1v) is 9.75. The van der Waals surface area contributed by atoms with Crippen LogP contribution in [0.4, 0.5) is 5.69 Å². The summed E-state index contributed by atoms with van der Waals surface area (Å²) in [5, 5.41) is 14.8. The Balaban J connectivity index is 1.82. The second-order valence-electron chi connectivity index (χ2n) is 6.21. The number of benzene rings is 2. The molecule has 0 aliphatic carbocycles. The van der Waals surface area contributed by atoms with Crippen LogP contribution < -0.4 is 5.32 Å². The Morgan fingerprint density at radius 1 is 1.19 bits per heavy atom. The summed E-state index contributed by atoms with van der Waals surface area (Å²) in [5.41, 5.74) is 3.35. The highest BCUT2D eigenvalue weighted by Gasteiger charge is 2.14. The molecular formula is C19H21N5OS. The molecule has 3 rings (SSSR count). The van der Waals surface area contributed by atoms with E-state index in [1.165, 1.54) is 5.56 Å². The molecule has 0 fully saturated rings. The number of nitrogens with one attached hydrogen (secondary N) is 1. The van der Waals surface area contributed by atoms with E-state index in [4.69, 9.17) is 0 Å². The summed E-state index contributed by atoms with van der Waals surface area (Å²) in [6.45, 7) is 4.02. The molecule has 1 N–H and O–H groups in total. The van der Waals surface area contributed by atoms with Crippen LogP contribution >= 0.6 is 11.8 Å². The van der Waals surface area contributed by atoms with Gasteiger partial charge < -0.3 is 5.32 Å². The van der Waals surface area contributed by atoms with Crippen LogP contribution in [0.1, 0.15) is 35.8 Å². The largest absolute Gasteiger partial charge is 0.322 e. The van der Waals surface area contributed by atoms with Crippen LogP contribution in [0.3, 0.4) is 0 Å².